The van der Waals surface area contributed by atoms with Gasteiger partial charge in [0.15, 0.2) is 0 Å². The van der Waals surface area contributed by atoms with Crippen LogP contribution >= 0.6 is 0 Å². The van der Waals surface area contributed by atoms with E-state index in [1.54, 1.807) is 36.4 Å². The number of benzene rings is 2. The van der Waals surface area contributed by atoms with E-state index in [2.05, 4.69) is 10.6 Å². The Morgan fingerprint density at radius 3 is 2.06 bits per heavy atom. The molecule has 0 saturated carbocycles. The Bertz CT molecular complexity index is 902. The molecule has 0 aromatic heterocycles. The summed E-state index contributed by atoms with van der Waals surface area (Å²) in [6, 6.07) is 12.4. The van der Waals surface area contributed by atoms with Gasteiger partial charge in [-0.2, -0.15) is 0 Å². The largest absolute Gasteiger partial charge is 0.508 e. The molecule has 0 heterocycles. The van der Waals surface area contributed by atoms with Gasteiger partial charge in [0.1, 0.15) is 17.8 Å². The predicted molar refractivity (Wildman–Crippen MR) is 121 cm³/mol. The Labute approximate surface area is 187 Å². The fourth-order valence-corrected chi connectivity index (χ4v) is 3.25. The summed E-state index contributed by atoms with van der Waals surface area (Å²) in [6.07, 6.45) is 0.957. The van der Waals surface area contributed by atoms with Crippen LogP contribution in [0.25, 0.3) is 0 Å². The van der Waals surface area contributed by atoms with Crippen LogP contribution in [0.1, 0.15) is 31.4 Å². The van der Waals surface area contributed by atoms with Gasteiger partial charge in [-0.05, 0) is 35.6 Å². The van der Waals surface area contributed by atoms with E-state index in [9.17, 15) is 24.6 Å². The van der Waals surface area contributed by atoms with Crippen LogP contribution in [0, 0.1) is 5.92 Å². The molecule has 2 amide bonds. The lowest BCUT2D eigenvalue weighted by molar-refractivity contribution is -0.142. The van der Waals surface area contributed by atoms with Gasteiger partial charge < -0.3 is 26.6 Å². The molecule has 172 valence electrons. The maximum atomic E-state index is 12.9. The second-order valence-electron chi connectivity index (χ2n) is 7.94. The van der Waals surface area contributed by atoms with Crippen molar-refractivity contribution in [2.24, 2.45) is 11.7 Å². The van der Waals surface area contributed by atoms with E-state index < -0.39 is 35.9 Å². The standard InChI is InChI=1S/C24H31N3O5/c1-3-15(2)21(27-22(29)19(25)13-17-9-11-18(28)12-10-17)23(30)26-20(24(31)32)14-16-7-5-4-6-8-16/h4-12,15,19-21,28H,3,13-14,25H2,1-2H3,(H,26,30)(H,27,29)(H,31,32). The number of rotatable bonds is 11. The van der Waals surface area contributed by atoms with Crippen LogP contribution in [0.2, 0.25) is 0 Å². The van der Waals surface area contributed by atoms with Crippen molar-refractivity contribution in [2.45, 2.75) is 51.2 Å². The van der Waals surface area contributed by atoms with Gasteiger partial charge in [-0.3, -0.25) is 9.59 Å². The summed E-state index contributed by atoms with van der Waals surface area (Å²) in [6.45, 7) is 3.69. The first kappa shape index (κ1) is 24.9. The molecule has 4 unspecified atom stereocenters. The molecule has 0 radical (unpaired) electrons. The number of phenols is 1. The minimum absolute atomic E-state index is 0.115. The number of nitrogens with two attached hydrogens (primary N) is 1. The summed E-state index contributed by atoms with van der Waals surface area (Å²) in [7, 11) is 0. The third-order valence-corrected chi connectivity index (χ3v) is 5.42. The molecule has 0 aliphatic carbocycles. The number of amides is 2. The molecule has 0 fully saturated rings. The number of phenolic OH excluding ortho intramolecular Hbond substituents is 1. The molecule has 2 rings (SSSR count). The van der Waals surface area contributed by atoms with Gasteiger partial charge >= 0.3 is 5.97 Å². The highest BCUT2D eigenvalue weighted by atomic mass is 16.4. The maximum absolute atomic E-state index is 12.9. The number of carboxylic acid groups (broad SMARTS) is 1. The summed E-state index contributed by atoms with van der Waals surface area (Å²) < 4.78 is 0. The summed E-state index contributed by atoms with van der Waals surface area (Å²) in [5, 5.41) is 24.2. The summed E-state index contributed by atoms with van der Waals surface area (Å²) in [5.74, 6) is -2.34. The summed E-state index contributed by atoms with van der Waals surface area (Å²) in [5.41, 5.74) is 7.57. The minimum atomic E-state index is -1.15. The fourth-order valence-electron chi connectivity index (χ4n) is 3.25. The van der Waals surface area contributed by atoms with E-state index in [1.165, 1.54) is 12.1 Å². The Morgan fingerprint density at radius 1 is 0.906 bits per heavy atom. The highest BCUT2D eigenvalue weighted by Gasteiger charge is 2.31. The molecule has 8 nitrogen and oxygen atoms in total. The fraction of sp³-hybridized carbons (Fsp3) is 0.375. The number of carbonyl (C=O) groups excluding carboxylic acids is 2. The number of hydrogen-bond acceptors (Lipinski definition) is 5. The van der Waals surface area contributed by atoms with Crippen LogP contribution in [-0.4, -0.2) is 46.1 Å². The zero-order chi connectivity index (χ0) is 23.7. The van der Waals surface area contributed by atoms with E-state index in [0.29, 0.717) is 6.42 Å². The highest BCUT2D eigenvalue weighted by molar-refractivity contribution is 5.92. The number of aliphatic carboxylic acids is 1. The normalized spacial score (nSPS) is 14.6. The quantitative estimate of drug-likeness (QED) is 0.359. The zero-order valence-corrected chi connectivity index (χ0v) is 18.3. The average molecular weight is 442 g/mol. The van der Waals surface area contributed by atoms with Gasteiger partial charge in [0.2, 0.25) is 11.8 Å². The van der Waals surface area contributed by atoms with Gasteiger partial charge in [0.05, 0.1) is 6.04 Å². The van der Waals surface area contributed by atoms with Crippen LogP contribution in [0.3, 0.4) is 0 Å². The Morgan fingerprint density at radius 2 is 1.50 bits per heavy atom. The third kappa shape index (κ3) is 7.39. The van der Waals surface area contributed by atoms with E-state index in [1.807, 2.05) is 19.9 Å². The third-order valence-electron chi connectivity index (χ3n) is 5.42. The molecule has 0 aliphatic heterocycles. The number of carboxylic acids is 1. The first-order chi connectivity index (χ1) is 15.2. The first-order valence-corrected chi connectivity index (χ1v) is 10.6. The molecular formula is C24H31N3O5. The van der Waals surface area contributed by atoms with E-state index in [4.69, 9.17) is 5.73 Å². The van der Waals surface area contributed by atoms with Gasteiger partial charge in [-0.1, -0.05) is 62.7 Å². The second kappa shape index (κ2) is 11.9. The molecule has 32 heavy (non-hydrogen) atoms. The summed E-state index contributed by atoms with van der Waals surface area (Å²) >= 11 is 0. The molecule has 6 N–H and O–H groups in total. The van der Waals surface area contributed by atoms with Crippen LogP contribution in [0.5, 0.6) is 5.75 Å². The number of aromatic hydroxyl groups is 1. The van der Waals surface area contributed by atoms with Crippen molar-refractivity contribution in [3.8, 4) is 5.75 Å². The van der Waals surface area contributed by atoms with Crippen molar-refractivity contribution < 1.29 is 24.6 Å². The molecule has 0 bridgehead atoms. The van der Waals surface area contributed by atoms with Crippen LogP contribution in [0.4, 0.5) is 0 Å². The lowest BCUT2D eigenvalue weighted by atomic mass is 9.96. The number of nitrogens with one attached hydrogen (secondary N) is 2. The van der Waals surface area contributed by atoms with Crippen LogP contribution < -0.4 is 16.4 Å². The van der Waals surface area contributed by atoms with E-state index in [0.717, 1.165) is 11.1 Å². The smallest absolute Gasteiger partial charge is 0.326 e. The first-order valence-electron chi connectivity index (χ1n) is 10.6. The number of hydrogen-bond donors (Lipinski definition) is 5. The highest BCUT2D eigenvalue weighted by Crippen LogP contribution is 2.13. The van der Waals surface area contributed by atoms with E-state index >= 15 is 0 Å². The molecule has 0 saturated heterocycles. The molecule has 0 aliphatic rings. The van der Waals surface area contributed by atoms with Gasteiger partial charge in [-0.25, -0.2) is 4.79 Å². The topological polar surface area (TPSA) is 142 Å². The SMILES string of the molecule is CCC(C)C(NC(=O)C(N)Cc1ccc(O)cc1)C(=O)NC(Cc1ccccc1)C(=O)O. The van der Waals surface area contributed by atoms with Crippen molar-refractivity contribution in [2.75, 3.05) is 0 Å². The average Bonchev–Trinajstić information content (AvgIpc) is 2.78. The molecule has 8 heteroatoms. The maximum Gasteiger partial charge on any atom is 0.326 e. The molecule has 0 spiro atoms. The predicted octanol–water partition coefficient (Wildman–Crippen LogP) is 1.61. The van der Waals surface area contributed by atoms with Gasteiger partial charge in [0, 0.05) is 6.42 Å². The minimum Gasteiger partial charge on any atom is -0.508 e. The Balaban J connectivity index is 2.06. The van der Waals surface area contributed by atoms with Gasteiger partial charge in [-0.15, -0.1) is 0 Å². The molecular weight excluding hydrogens is 410 g/mol. The Kier molecular flexibility index (Phi) is 9.22. The lowest BCUT2D eigenvalue weighted by Crippen LogP contribution is -2.57. The zero-order valence-electron chi connectivity index (χ0n) is 18.3. The molecule has 4 atom stereocenters. The van der Waals surface area contributed by atoms with Crippen molar-refractivity contribution in [1.82, 2.24) is 10.6 Å². The molecule has 2 aromatic rings. The van der Waals surface area contributed by atoms with E-state index in [-0.39, 0.29) is 24.5 Å². The van der Waals surface area contributed by atoms with Crippen molar-refractivity contribution >= 4 is 17.8 Å². The molecule has 2 aromatic carbocycles. The van der Waals surface area contributed by atoms with Crippen LogP contribution in [-0.2, 0) is 27.2 Å². The second-order valence-corrected chi connectivity index (χ2v) is 7.94. The van der Waals surface area contributed by atoms with Gasteiger partial charge in [0.25, 0.3) is 0 Å². The Hall–Kier alpha value is -3.39. The van der Waals surface area contributed by atoms with Crippen molar-refractivity contribution in [1.29, 1.82) is 0 Å². The van der Waals surface area contributed by atoms with Crippen molar-refractivity contribution in [3.63, 3.8) is 0 Å². The lowest BCUT2D eigenvalue weighted by Gasteiger charge is -2.26. The summed E-state index contributed by atoms with van der Waals surface area (Å²) in [4.78, 5) is 37.3. The van der Waals surface area contributed by atoms with Crippen LogP contribution in [0.15, 0.2) is 54.6 Å². The monoisotopic (exact) mass is 441 g/mol. The van der Waals surface area contributed by atoms with Crippen molar-refractivity contribution in [3.05, 3.63) is 65.7 Å². The number of carbonyl (C=O) groups is 3.